The molecule has 168 valence electrons. The Kier molecular flexibility index (Phi) is 9.18. The van der Waals surface area contributed by atoms with Crippen LogP contribution >= 0.6 is 0 Å². The third-order valence-corrected chi connectivity index (χ3v) is 5.49. The van der Waals surface area contributed by atoms with E-state index in [4.69, 9.17) is 14.5 Å². The van der Waals surface area contributed by atoms with Crippen molar-refractivity contribution < 1.29 is 9.47 Å². The zero-order valence-corrected chi connectivity index (χ0v) is 19.1. The van der Waals surface area contributed by atoms with Crippen LogP contribution in [-0.4, -0.2) is 57.4 Å². The molecule has 2 N–H and O–H groups in total. The molecule has 0 bridgehead atoms. The molecule has 1 aliphatic rings. The highest BCUT2D eigenvalue weighted by atomic mass is 16.5. The molecular weight excluding hydrogens is 388 g/mol. The summed E-state index contributed by atoms with van der Waals surface area (Å²) >= 11 is 0. The first-order valence-electron chi connectivity index (χ1n) is 11.2. The van der Waals surface area contributed by atoms with E-state index >= 15 is 0 Å². The number of aryl methyl sites for hydroxylation is 1. The van der Waals surface area contributed by atoms with Crippen LogP contribution in [0.5, 0.6) is 5.75 Å². The molecule has 0 amide bonds. The monoisotopic (exact) mass is 424 g/mol. The van der Waals surface area contributed by atoms with Crippen LogP contribution in [0.2, 0.25) is 0 Å². The maximum atomic E-state index is 5.50. The molecule has 6 nitrogen and oxygen atoms in total. The third kappa shape index (κ3) is 7.26. The maximum Gasteiger partial charge on any atom is 0.191 e. The SMILES string of the molecule is CCNC(=NCc1ccccc1CN1CCOCC1)NCCc1cc(C)ccc1OC. The third-order valence-electron chi connectivity index (χ3n) is 5.49. The number of benzene rings is 2. The standard InChI is InChI=1S/C25H36N4O2/c1-4-26-25(27-12-11-21-17-20(2)9-10-24(21)30-3)28-18-22-7-5-6-8-23(22)19-29-13-15-31-16-14-29/h5-10,17H,4,11-16,18-19H2,1-3H3,(H2,26,27,28). The van der Waals surface area contributed by atoms with Gasteiger partial charge in [0, 0.05) is 32.7 Å². The number of guanidine groups is 1. The number of ether oxygens (including phenoxy) is 2. The van der Waals surface area contributed by atoms with E-state index in [0.29, 0.717) is 6.54 Å². The maximum absolute atomic E-state index is 5.50. The van der Waals surface area contributed by atoms with Crippen LogP contribution < -0.4 is 15.4 Å². The minimum absolute atomic E-state index is 0.656. The van der Waals surface area contributed by atoms with Crippen molar-refractivity contribution in [1.29, 1.82) is 0 Å². The van der Waals surface area contributed by atoms with Gasteiger partial charge in [0.2, 0.25) is 0 Å². The van der Waals surface area contributed by atoms with Crippen molar-refractivity contribution >= 4 is 5.96 Å². The molecule has 0 aromatic heterocycles. The van der Waals surface area contributed by atoms with Gasteiger partial charge in [0.05, 0.1) is 26.9 Å². The van der Waals surface area contributed by atoms with Gasteiger partial charge in [-0.05, 0) is 43.0 Å². The Morgan fingerprint density at radius 3 is 2.58 bits per heavy atom. The molecule has 1 heterocycles. The van der Waals surface area contributed by atoms with E-state index < -0.39 is 0 Å². The van der Waals surface area contributed by atoms with Crippen molar-refractivity contribution in [3.8, 4) is 5.75 Å². The van der Waals surface area contributed by atoms with Gasteiger partial charge in [0.25, 0.3) is 0 Å². The number of aliphatic imine (C=N–C) groups is 1. The van der Waals surface area contributed by atoms with Gasteiger partial charge in [0.1, 0.15) is 5.75 Å². The highest BCUT2D eigenvalue weighted by Gasteiger charge is 2.12. The second-order valence-electron chi connectivity index (χ2n) is 7.84. The molecule has 1 aliphatic heterocycles. The Morgan fingerprint density at radius 2 is 1.84 bits per heavy atom. The van der Waals surface area contributed by atoms with Gasteiger partial charge in [-0.1, -0.05) is 42.0 Å². The predicted molar refractivity (Wildman–Crippen MR) is 127 cm³/mol. The van der Waals surface area contributed by atoms with Crippen molar-refractivity contribution in [2.75, 3.05) is 46.5 Å². The molecule has 0 unspecified atom stereocenters. The van der Waals surface area contributed by atoms with Crippen LogP contribution in [0.4, 0.5) is 0 Å². The van der Waals surface area contributed by atoms with Gasteiger partial charge in [-0.15, -0.1) is 0 Å². The molecule has 0 atom stereocenters. The molecule has 1 fully saturated rings. The van der Waals surface area contributed by atoms with Crippen LogP contribution in [0.1, 0.15) is 29.2 Å². The van der Waals surface area contributed by atoms with Gasteiger partial charge in [0.15, 0.2) is 5.96 Å². The second-order valence-corrected chi connectivity index (χ2v) is 7.84. The summed E-state index contributed by atoms with van der Waals surface area (Å²) in [6, 6.07) is 14.9. The van der Waals surface area contributed by atoms with Crippen molar-refractivity contribution in [3.05, 3.63) is 64.7 Å². The first-order valence-corrected chi connectivity index (χ1v) is 11.2. The number of morpholine rings is 1. The van der Waals surface area contributed by atoms with Crippen LogP contribution in [0.3, 0.4) is 0 Å². The fraction of sp³-hybridized carbons (Fsp3) is 0.480. The fourth-order valence-electron chi connectivity index (χ4n) is 3.79. The van der Waals surface area contributed by atoms with E-state index in [-0.39, 0.29) is 0 Å². The molecule has 0 spiro atoms. The normalized spacial score (nSPS) is 15.0. The van der Waals surface area contributed by atoms with Gasteiger partial charge in [-0.25, -0.2) is 4.99 Å². The van der Waals surface area contributed by atoms with Crippen LogP contribution in [-0.2, 0) is 24.2 Å². The van der Waals surface area contributed by atoms with Crippen molar-refractivity contribution in [3.63, 3.8) is 0 Å². The topological polar surface area (TPSA) is 58.1 Å². The van der Waals surface area contributed by atoms with Crippen LogP contribution in [0.15, 0.2) is 47.5 Å². The Morgan fingerprint density at radius 1 is 1.06 bits per heavy atom. The first kappa shape index (κ1) is 23.1. The van der Waals surface area contributed by atoms with Crippen LogP contribution in [0, 0.1) is 6.92 Å². The van der Waals surface area contributed by atoms with E-state index in [0.717, 1.165) is 64.1 Å². The molecule has 6 heteroatoms. The van der Waals surface area contributed by atoms with Gasteiger partial charge < -0.3 is 20.1 Å². The summed E-state index contributed by atoms with van der Waals surface area (Å²) in [6.07, 6.45) is 0.878. The second kappa shape index (κ2) is 12.3. The van der Waals surface area contributed by atoms with Gasteiger partial charge in [-0.2, -0.15) is 0 Å². The molecule has 3 rings (SSSR count). The lowest BCUT2D eigenvalue weighted by Gasteiger charge is -2.27. The summed E-state index contributed by atoms with van der Waals surface area (Å²) in [5.74, 6) is 1.78. The summed E-state index contributed by atoms with van der Waals surface area (Å²) < 4.78 is 11.0. The highest BCUT2D eigenvalue weighted by Crippen LogP contribution is 2.19. The van der Waals surface area contributed by atoms with Gasteiger partial charge in [-0.3, -0.25) is 4.90 Å². The van der Waals surface area contributed by atoms with Gasteiger partial charge >= 0.3 is 0 Å². The van der Waals surface area contributed by atoms with Crippen molar-refractivity contribution in [2.45, 2.75) is 33.4 Å². The quantitative estimate of drug-likeness (QED) is 0.478. The zero-order valence-electron chi connectivity index (χ0n) is 19.1. The zero-order chi connectivity index (χ0) is 21.9. The largest absolute Gasteiger partial charge is 0.496 e. The summed E-state index contributed by atoms with van der Waals surface area (Å²) in [6.45, 7) is 11.0. The van der Waals surface area contributed by atoms with E-state index in [2.05, 4.69) is 65.8 Å². The average Bonchev–Trinajstić information content (AvgIpc) is 2.79. The number of nitrogens with zero attached hydrogens (tertiary/aromatic N) is 2. The Hall–Kier alpha value is -2.57. The molecule has 0 radical (unpaired) electrons. The molecule has 2 aromatic carbocycles. The van der Waals surface area contributed by atoms with E-state index in [1.807, 2.05) is 6.07 Å². The molecule has 31 heavy (non-hydrogen) atoms. The molecule has 0 aliphatic carbocycles. The fourth-order valence-corrected chi connectivity index (χ4v) is 3.79. The highest BCUT2D eigenvalue weighted by molar-refractivity contribution is 5.79. The lowest BCUT2D eigenvalue weighted by molar-refractivity contribution is 0.0341. The van der Waals surface area contributed by atoms with E-state index in [1.165, 1.54) is 22.3 Å². The average molecular weight is 425 g/mol. The minimum atomic E-state index is 0.656. The summed E-state index contributed by atoms with van der Waals surface area (Å²) in [4.78, 5) is 7.30. The van der Waals surface area contributed by atoms with Crippen molar-refractivity contribution in [1.82, 2.24) is 15.5 Å². The number of hydrogen-bond donors (Lipinski definition) is 2. The molecular formula is C25H36N4O2. The van der Waals surface area contributed by atoms with E-state index in [1.54, 1.807) is 7.11 Å². The first-order chi connectivity index (χ1) is 15.2. The summed E-state index contributed by atoms with van der Waals surface area (Å²) in [5, 5.41) is 6.83. The van der Waals surface area contributed by atoms with Crippen molar-refractivity contribution in [2.24, 2.45) is 4.99 Å². The Labute approximate surface area is 186 Å². The predicted octanol–water partition coefficient (Wildman–Crippen LogP) is 3.13. The lowest BCUT2D eigenvalue weighted by atomic mass is 10.1. The molecule has 2 aromatic rings. The lowest BCUT2D eigenvalue weighted by Crippen LogP contribution is -2.38. The summed E-state index contributed by atoms with van der Waals surface area (Å²) in [5.41, 5.74) is 5.06. The molecule has 1 saturated heterocycles. The molecule has 0 saturated carbocycles. The Bertz CT molecular complexity index is 847. The number of rotatable bonds is 9. The number of nitrogens with one attached hydrogen (secondary N) is 2. The van der Waals surface area contributed by atoms with E-state index in [9.17, 15) is 0 Å². The summed E-state index contributed by atoms with van der Waals surface area (Å²) in [7, 11) is 1.72. The minimum Gasteiger partial charge on any atom is -0.496 e. The number of hydrogen-bond acceptors (Lipinski definition) is 4. The number of methoxy groups -OCH3 is 1. The smallest absolute Gasteiger partial charge is 0.191 e. The van der Waals surface area contributed by atoms with Crippen LogP contribution in [0.25, 0.3) is 0 Å². The Balaban J connectivity index is 1.60.